The Hall–Kier alpha value is -1.96. The number of amides is 1. The number of halogens is 1. The van der Waals surface area contributed by atoms with Crippen LogP contribution < -0.4 is 4.80 Å². The van der Waals surface area contributed by atoms with Crippen molar-refractivity contribution < 1.29 is 14.3 Å². The number of nitrogens with zero attached hydrogens (tertiary/aromatic N) is 2. The number of carbonyl (C=O) groups is 2. The van der Waals surface area contributed by atoms with Crippen molar-refractivity contribution in [2.45, 2.75) is 33.2 Å². The standard InChI is InChI=1S/C19H19ClN2O3S2/c1-4-25-17(23)10-22-13-6-5-12(11(2)3)9-15(13)27-19(22)21-18(24)14-7-8-16(20)26-14/h5-9,11H,4,10H2,1-3H3. The zero-order valence-corrected chi connectivity index (χ0v) is 17.6. The molecule has 1 amide bonds. The van der Waals surface area contributed by atoms with Gasteiger partial charge >= 0.3 is 5.97 Å². The zero-order valence-electron chi connectivity index (χ0n) is 15.2. The Bertz CT molecular complexity index is 1060. The largest absolute Gasteiger partial charge is 0.465 e. The molecule has 3 aromatic rings. The molecule has 27 heavy (non-hydrogen) atoms. The Morgan fingerprint density at radius 2 is 2.00 bits per heavy atom. The van der Waals surface area contributed by atoms with Crippen LogP contribution in [0, 0.1) is 0 Å². The average Bonchev–Trinajstić information content (AvgIpc) is 3.19. The Labute approximate surface area is 169 Å². The topological polar surface area (TPSA) is 60.7 Å². The monoisotopic (exact) mass is 422 g/mol. The van der Waals surface area contributed by atoms with Crippen LogP contribution in [0.4, 0.5) is 0 Å². The first kappa shape index (κ1) is 19.8. The van der Waals surface area contributed by atoms with E-state index in [1.807, 2.05) is 12.1 Å². The maximum absolute atomic E-state index is 12.5. The summed E-state index contributed by atoms with van der Waals surface area (Å²) in [7, 11) is 0. The smallest absolute Gasteiger partial charge is 0.326 e. The van der Waals surface area contributed by atoms with Gasteiger partial charge < -0.3 is 9.30 Å². The van der Waals surface area contributed by atoms with Crippen LogP contribution in [-0.4, -0.2) is 23.1 Å². The fourth-order valence-electron chi connectivity index (χ4n) is 2.59. The van der Waals surface area contributed by atoms with E-state index < -0.39 is 0 Å². The van der Waals surface area contributed by atoms with Crippen molar-refractivity contribution in [1.82, 2.24) is 4.57 Å². The Balaban J connectivity index is 2.12. The molecule has 0 N–H and O–H groups in total. The molecule has 0 aliphatic rings. The van der Waals surface area contributed by atoms with Gasteiger partial charge in [-0.1, -0.05) is 42.9 Å². The summed E-state index contributed by atoms with van der Waals surface area (Å²) in [6.07, 6.45) is 0. The van der Waals surface area contributed by atoms with Gasteiger partial charge in [0, 0.05) is 0 Å². The Morgan fingerprint density at radius 1 is 1.22 bits per heavy atom. The second-order valence-corrected chi connectivity index (χ2v) is 8.90. The first-order valence-electron chi connectivity index (χ1n) is 8.52. The molecule has 3 rings (SSSR count). The fourth-order valence-corrected chi connectivity index (χ4v) is 4.60. The van der Waals surface area contributed by atoms with Gasteiger partial charge in [0.05, 0.1) is 26.0 Å². The predicted molar refractivity (Wildman–Crippen MR) is 110 cm³/mol. The molecule has 0 bridgehead atoms. The lowest BCUT2D eigenvalue weighted by Gasteiger charge is -2.07. The van der Waals surface area contributed by atoms with Gasteiger partial charge in [0.2, 0.25) is 0 Å². The normalized spacial score (nSPS) is 12.1. The van der Waals surface area contributed by atoms with E-state index in [2.05, 4.69) is 24.9 Å². The fraction of sp³-hybridized carbons (Fsp3) is 0.316. The van der Waals surface area contributed by atoms with Crippen molar-refractivity contribution >= 4 is 56.4 Å². The number of fused-ring (bicyclic) bond motifs is 1. The Morgan fingerprint density at radius 3 is 2.63 bits per heavy atom. The number of ether oxygens (including phenoxy) is 1. The number of hydrogen-bond acceptors (Lipinski definition) is 5. The molecule has 2 heterocycles. The summed E-state index contributed by atoms with van der Waals surface area (Å²) in [5.41, 5.74) is 2.04. The summed E-state index contributed by atoms with van der Waals surface area (Å²) in [6, 6.07) is 9.40. The van der Waals surface area contributed by atoms with Gasteiger partial charge in [0.25, 0.3) is 5.91 Å². The van der Waals surface area contributed by atoms with E-state index in [1.165, 1.54) is 28.2 Å². The van der Waals surface area contributed by atoms with E-state index in [9.17, 15) is 9.59 Å². The van der Waals surface area contributed by atoms with Crippen LogP contribution in [0.5, 0.6) is 0 Å². The van der Waals surface area contributed by atoms with E-state index in [0.717, 1.165) is 10.2 Å². The molecule has 142 valence electrons. The third-order valence-electron chi connectivity index (χ3n) is 3.95. The van der Waals surface area contributed by atoms with Crippen LogP contribution in [0.3, 0.4) is 0 Å². The third-order valence-corrected chi connectivity index (χ3v) is 6.21. The summed E-state index contributed by atoms with van der Waals surface area (Å²) in [6.45, 7) is 6.32. The first-order chi connectivity index (χ1) is 12.9. The number of benzene rings is 1. The molecule has 0 fully saturated rings. The van der Waals surface area contributed by atoms with Crippen molar-refractivity contribution in [3.63, 3.8) is 0 Å². The van der Waals surface area contributed by atoms with E-state index in [0.29, 0.717) is 26.5 Å². The number of thiazole rings is 1. The van der Waals surface area contributed by atoms with E-state index in [4.69, 9.17) is 16.3 Å². The van der Waals surface area contributed by atoms with Gasteiger partial charge in [0.15, 0.2) is 4.80 Å². The molecule has 0 radical (unpaired) electrons. The molecule has 0 aliphatic heterocycles. The van der Waals surface area contributed by atoms with Gasteiger partial charge in [0.1, 0.15) is 6.54 Å². The molecule has 5 nitrogen and oxygen atoms in total. The number of thiophene rings is 1. The molecule has 2 aromatic heterocycles. The Kier molecular flexibility index (Phi) is 6.14. The summed E-state index contributed by atoms with van der Waals surface area (Å²) in [5.74, 6) is -0.358. The van der Waals surface area contributed by atoms with Crippen LogP contribution in [-0.2, 0) is 16.1 Å². The molecule has 0 unspecified atom stereocenters. The molecule has 0 saturated carbocycles. The lowest BCUT2D eigenvalue weighted by Crippen LogP contribution is -2.23. The number of aromatic nitrogens is 1. The molecule has 0 atom stereocenters. The third kappa shape index (κ3) is 4.48. The maximum atomic E-state index is 12.5. The zero-order chi connectivity index (χ0) is 19.6. The summed E-state index contributed by atoms with van der Waals surface area (Å²) >= 11 is 8.48. The van der Waals surface area contributed by atoms with Gasteiger partial charge in [-0.05, 0) is 42.7 Å². The van der Waals surface area contributed by atoms with Crippen LogP contribution in [0.15, 0.2) is 35.3 Å². The van der Waals surface area contributed by atoms with Crippen molar-refractivity contribution in [1.29, 1.82) is 0 Å². The van der Waals surface area contributed by atoms with Crippen molar-refractivity contribution in [3.05, 3.63) is 49.9 Å². The quantitative estimate of drug-likeness (QED) is 0.552. The van der Waals surface area contributed by atoms with E-state index >= 15 is 0 Å². The van der Waals surface area contributed by atoms with E-state index in [1.54, 1.807) is 23.6 Å². The van der Waals surface area contributed by atoms with Crippen molar-refractivity contribution in [2.75, 3.05) is 6.61 Å². The lowest BCUT2D eigenvalue weighted by molar-refractivity contribution is -0.143. The van der Waals surface area contributed by atoms with Crippen molar-refractivity contribution in [3.8, 4) is 0 Å². The highest BCUT2D eigenvalue weighted by atomic mass is 35.5. The second-order valence-electron chi connectivity index (χ2n) is 6.18. The number of rotatable bonds is 5. The molecule has 0 aliphatic carbocycles. The second kappa shape index (κ2) is 8.37. The predicted octanol–water partition coefficient (Wildman–Crippen LogP) is 4.85. The molecule has 0 saturated heterocycles. The summed E-state index contributed by atoms with van der Waals surface area (Å²) in [4.78, 5) is 29.7. The lowest BCUT2D eigenvalue weighted by atomic mass is 10.0. The molecular formula is C19H19ClN2O3S2. The first-order valence-corrected chi connectivity index (χ1v) is 10.5. The molecule has 1 aromatic carbocycles. The molecule has 8 heteroatoms. The molecule has 0 spiro atoms. The summed E-state index contributed by atoms with van der Waals surface area (Å²) in [5, 5.41) is 0. The number of hydrogen-bond donors (Lipinski definition) is 0. The van der Waals surface area contributed by atoms with Crippen molar-refractivity contribution in [2.24, 2.45) is 4.99 Å². The van der Waals surface area contributed by atoms with Gasteiger partial charge in [-0.3, -0.25) is 9.59 Å². The minimum atomic E-state index is -0.375. The minimum Gasteiger partial charge on any atom is -0.465 e. The maximum Gasteiger partial charge on any atom is 0.326 e. The van der Waals surface area contributed by atoms with E-state index in [-0.39, 0.29) is 18.4 Å². The van der Waals surface area contributed by atoms with Crippen LogP contribution >= 0.6 is 34.3 Å². The average molecular weight is 423 g/mol. The highest BCUT2D eigenvalue weighted by Crippen LogP contribution is 2.25. The summed E-state index contributed by atoms with van der Waals surface area (Å²) < 4.78 is 8.31. The van der Waals surface area contributed by atoms with Gasteiger partial charge in [-0.15, -0.1) is 11.3 Å². The minimum absolute atomic E-state index is 0.00613. The van der Waals surface area contributed by atoms with Gasteiger partial charge in [-0.2, -0.15) is 4.99 Å². The van der Waals surface area contributed by atoms with Crippen LogP contribution in [0.25, 0.3) is 10.2 Å². The molecular weight excluding hydrogens is 404 g/mol. The van der Waals surface area contributed by atoms with Crippen LogP contribution in [0.2, 0.25) is 4.34 Å². The number of carbonyl (C=O) groups excluding carboxylic acids is 2. The van der Waals surface area contributed by atoms with Crippen LogP contribution in [0.1, 0.15) is 41.9 Å². The highest BCUT2D eigenvalue weighted by molar-refractivity contribution is 7.18. The van der Waals surface area contributed by atoms with Gasteiger partial charge in [-0.25, -0.2) is 0 Å². The number of esters is 1. The highest BCUT2D eigenvalue weighted by Gasteiger charge is 2.14. The SMILES string of the molecule is CCOC(=O)Cn1c(=NC(=O)c2ccc(Cl)s2)sc2cc(C(C)C)ccc21.